The van der Waals surface area contributed by atoms with E-state index in [1.807, 2.05) is 13.0 Å². The number of carbonyl (C=O) groups is 1. The second-order valence-corrected chi connectivity index (χ2v) is 5.38. The first kappa shape index (κ1) is 16.8. The van der Waals surface area contributed by atoms with Gasteiger partial charge in [0, 0.05) is 44.6 Å². The van der Waals surface area contributed by atoms with E-state index in [0.29, 0.717) is 26.2 Å². The molecule has 1 N–H and O–H groups in total. The highest BCUT2D eigenvalue weighted by atomic mass is 19.1. The Morgan fingerprint density at radius 3 is 2.52 bits per heavy atom. The Kier molecular flexibility index (Phi) is 5.98. The van der Waals surface area contributed by atoms with Crippen molar-refractivity contribution in [1.29, 1.82) is 5.26 Å². The van der Waals surface area contributed by atoms with E-state index in [1.54, 1.807) is 17.0 Å². The van der Waals surface area contributed by atoms with Crippen LogP contribution in [0, 0.1) is 17.1 Å². The van der Waals surface area contributed by atoms with E-state index in [1.165, 1.54) is 18.3 Å². The maximum Gasteiger partial charge on any atom is 0.266 e. The normalized spacial score (nSPS) is 15.3. The van der Waals surface area contributed by atoms with E-state index in [-0.39, 0.29) is 17.3 Å². The summed E-state index contributed by atoms with van der Waals surface area (Å²) < 4.78 is 13.0. The van der Waals surface area contributed by atoms with E-state index >= 15 is 0 Å². The van der Waals surface area contributed by atoms with Crippen LogP contribution in [-0.4, -0.2) is 43.5 Å². The molecule has 0 aromatic heterocycles. The minimum atomic E-state index is -0.258. The highest BCUT2D eigenvalue weighted by Gasteiger charge is 2.23. The summed E-state index contributed by atoms with van der Waals surface area (Å²) in [6, 6.07) is 8.30. The Labute approximate surface area is 136 Å². The van der Waals surface area contributed by atoms with Gasteiger partial charge in [-0.1, -0.05) is 6.92 Å². The smallest absolute Gasteiger partial charge is 0.266 e. The minimum absolute atomic E-state index is 0.133. The summed E-state index contributed by atoms with van der Waals surface area (Å²) in [7, 11) is 0. The van der Waals surface area contributed by atoms with E-state index in [9.17, 15) is 9.18 Å². The average Bonchev–Trinajstić information content (AvgIpc) is 2.59. The van der Waals surface area contributed by atoms with Crippen LogP contribution in [0.15, 0.2) is 36.0 Å². The van der Waals surface area contributed by atoms with Gasteiger partial charge in [0.25, 0.3) is 5.91 Å². The monoisotopic (exact) mass is 316 g/mol. The third kappa shape index (κ3) is 4.46. The summed E-state index contributed by atoms with van der Waals surface area (Å²) in [5.74, 6) is -0.499. The number of rotatable bonds is 5. The molecule has 0 unspecified atom stereocenters. The fraction of sp³-hybridized carbons (Fsp3) is 0.412. The Balaban J connectivity index is 1.92. The zero-order chi connectivity index (χ0) is 16.7. The number of piperazine rings is 1. The predicted molar refractivity (Wildman–Crippen MR) is 87.2 cm³/mol. The van der Waals surface area contributed by atoms with Crippen LogP contribution in [0.5, 0.6) is 0 Å². The summed E-state index contributed by atoms with van der Waals surface area (Å²) in [5.41, 5.74) is 1.08. The van der Waals surface area contributed by atoms with Crippen molar-refractivity contribution in [1.82, 2.24) is 10.2 Å². The Hall–Kier alpha value is -2.55. The molecule has 1 aromatic rings. The molecule has 0 saturated carbocycles. The first-order chi connectivity index (χ1) is 11.2. The quantitative estimate of drug-likeness (QED) is 0.512. The summed E-state index contributed by atoms with van der Waals surface area (Å²) in [5, 5.41) is 12.1. The van der Waals surface area contributed by atoms with Crippen molar-refractivity contribution in [2.75, 3.05) is 37.6 Å². The third-order valence-electron chi connectivity index (χ3n) is 3.75. The van der Waals surface area contributed by atoms with Crippen molar-refractivity contribution < 1.29 is 9.18 Å². The number of hydrogen-bond donors (Lipinski definition) is 1. The fourth-order valence-corrected chi connectivity index (χ4v) is 2.45. The van der Waals surface area contributed by atoms with Gasteiger partial charge in [0.2, 0.25) is 0 Å². The van der Waals surface area contributed by atoms with Crippen LogP contribution in [0.2, 0.25) is 0 Å². The van der Waals surface area contributed by atoms with Crippen LogP contribution < -0.4 is 10.2 Å². The minimum Gasteiger partial charge on any atom is -0.390 e. The first-order valence-corrected chi connectivity index (χ1v) is 7.79. The number of halogens is 1. The van der Waals surface area contributed by atoms with Gasteiger partial charge >= 0.3 is 0 Å². The molecule has 0 spiro atoms. The van der Waals surface area contributed by atoms with Crippen molar-refractivity contribution in [3.05, 3.63) is 41.9 Å². The number of nitrogens with zero attached hydrogens (tertiary/aromatic N) is 3. The fourth-order valence-electron chi connectivity index (χ4n) is 2.45. The lowest BCUT2D eigenvalue weighted by atomic mass is 10.2. The summed E-state index contributed by atoms with van der Waals surface area (Å²) in [6.07, 6.45) is 2.43. The molecule has 5 nitrogen and oxygen atoms in total. The molecule has 1 fully saturated rings. The number of carbonyl (C=O) groups excluding carboxylic acids is 1. The first-order valence-electron chi connectivity index (χ1n) is 7.79. The van der Waals surface area contributed by atoms with Crippen molar-refractivity contribution >= 4 is 11.6 Å². The molecule has 1 aliphatic rings. The molecule has 6 heteroatoms. The van der Waals surface area contributed by atoms with Gasteiger partial charge in [0.05, 0.1) is 0 Å². The van der Waals surface area contributed by atoms with E-state index in [2.05, 4.69) is 10.2 Å². The Morgan fingerprint density at radius 2 is 1.96 bits per heavy atom. The van der Waals surface area contributed by atoms with Gasteiger partial charge in [-0.05, 0) is 30.7 Å². The van der Waals surface area contributed by atoms with Crippen LogP contribution in [0.1, 0.15) is 13.3 Å². The van der Waals surface area contributed by atoms with Gasteiger partial charge in [-0.25, -0.2) is 4.39 Å². The lowest BCUT2D eigenvalue weighted by Crippen LogP contribution is -2.49. The van der Waals surface area contributed by atoms with Crippen molar-refractivity contribution in [3.63, 3.8) is 0 Å². The van der Waals surface area contributed by atoms with Crippen LogP contribution in [-0.2, 0) is 4.79 Å². The molecule has 0 bridgehead atoms. The van der Waals surface area contributed by atoms with Crippen molar-refractivity contribution in [2.24, 2.45) is 0 Å². The van der Waals surface area contributed by atoms with Gasteiger partial charge in [-0.15, -0.1) is 0 Å². The molecule has 1 saturated heterocycles. The van der Waals surface area contributed by atoms with E-state index < -0.39 is 0 Å². The lowest BCUT2D eigenvalue weighted by molar-refractivity contribution is -0.127. The molecule has 1 amide bonds. The van der Waals surface area contributed by atoms with Crippen LogP contribution in [0.25, 0.3) is 0 Å². The SMILES string of the molecule is CCCN/C=C(/C#N)C(=O)N1CCN(c2ccc(F)cc2)CC1. The molecule has 1 aliphatic heterocycles. The maximum atomic E-state index is 13.0. The van der Waals surface area contributed by atoms with Gasteiger partial charge in [0.15, 0.2) is 0 Å². The summed E-state index contributed by atoms with van der Waals surface area (Å²) in [6.45, 7) is 5.17. The standard InChI is InChI=1S/C17H21FN4O/c1-2-7-20-13-14(12-19)17(23)22-10-8-21(9-11-22)16-5-3-15(18)4-6-16/h3-6,13,20H,2,7-11H2,1H3/b14-13-. The highest BCUT2D eigenvalue weighted by molar-refractivity contribution is 5.97. The number of anilines is 1. The molecule has 0 radical (unpaired) electrons. The maximum absolute atomic E-state index is 13.0. The predicted octanol–water partition coefficient (Wildman–Crippen LogP) is 1.88. The zero-order valence-electron chi connectivity index (χ0n) is 13.3. The number of nitrogens with one attached hydrogen (secondary N) is 1. The number of amides is 1. The highest BCUT2D eigenvalue weighted by Crippen LogP contribution is 2.17. The molecule has 23 heavy (non-hydrogen) atoms. The Bertz CT molecular complexity index is 598. The summed E-state index contributed by atoms with van der Waals surface area (Å²) >= 11 is 0. The van der Waals surface area contributed by atoms with Crippen LogP contribution in [0.3, 0.4) is 0 Å². The largest absolute Gasteiger partial charge is 0.390 e. The number of benzene rings is 1. The van der Waals surface area contributed by atoms with Crippen LogP contribution in [0.4, 0.5) is 10.1 Å². The van der Waals surface area contributed by atoms with Crippen LogP contribution >= 0.6 is 0 Å². The van der Waals surface area contributed by atoms with E-state index in [4.69, 9.17) is 5.26 Å². The molecule has 2 rings (SSSR count). The number of nitriles is 1. The average molecular weight is 316 g/mol. The van der Waals surface area contributed by atoms with E-state index in [0.717, 1.165) is 18.7 Å². The molecule has 122 valence electrons. The second kappa shape index (κ2) is 8.18. The van der Waals surface area contributed by atoms with Gasteiger partial charge in [0.1, 0.15) is 17.5 Å². The lowest BCUT2D eigenvalue weighted by Gasteiger charge is -2.36. The third-order valence-corrected chi connectivity index (χ3v) is 3.75. The zero-order valence-corrected chi connectivity index (χ0v) is 13.3. The second-order valence-electron chi connectivity index (χ2n) is 5.38. The van der Waals surface area contributed by atoms with Gasteiger partial charge in [-0.3, -0.25) is 4.79 Å². The van der Waals surface area contributed by atoms with Crippen molar-refractivity contribution in [3.8, 4) is 6.07 Å². The van der Waals surface area contributed by atoms with Crippen molar-refractivity contribution in [2.45, 2.75) is 13.3 Å². The number of hydrogen-bond acceptors (Lipinski definition) is 4. The molecule has 0 aliphatic carbocycles. The molecular formula is C17H21FN4O. The molecule has 0 atom stereocenters. The topological polar surface area (TPSA) is 59.4 Å². The molecule has 1 heterocycles. The summed E-state index contributed by atoms with van der Waals surface area (Å²) in [4.78, 5) is 16.1. The Morgan fingerprint density at radius 1 is 1.30 bits per heavy atom. The molecule has 1 aromatic carbocycles. The molecular weight excluding hydrogens is 295 g/mol. The van der Waals surface area contributed by atoms with Gasteiger partial charge in [-0.2, -0.15) is 5.26 Å². The van der Waals surface area contributed by atoms with Gasteiger partial charge < -0.3 is 15.1 Å².